The third-order valence-electron chi connectivity index (χ3n) is 2.22. The number of hydrogen-bond donors (Lipinski definition) is 2. The number of hydrogen-bond acceptors (Lipinski definition) is 3. The Bertz CT molecular complexity index is 239. The molecule has 1 fully saturated rings. The fourth-order valence-electron chi connectivity index (χ4n) is 1.23. The number of nitrogens with zero attached hydrogens (tertiary/aromatic N) is 1. The summed E-state index contributed by atoms with van der Waals surface area (Å²) in [5.74, 6) is -0.228. The highest BCUT2D eigenvalue weighted by molar-refractivity contribution is 5.85. The Balaban J connectivity index is 2.57. The minimum atomic E-state index is -1.18. The van der Waals surface area contributed by atoms with Gasteiger partial charge in [0.15, 0.2) is 0 Å². The summed E-state index contributed by atoms with van der Waals surface area (Å²) >= 11 is 0. The van der Waals surface area contributed by atoms with Gasteiger partial charge in [-0.2, -0.15) is 0 Å². The molecule has 0 spiro atoms. The summed E-state index contributed by atoms with van der Waals surface area (Å²) in [7, 11) is 2.82. The SMILES string of the molecule is CON(C)C(=O)[C@@H](NC(=O)O)C1CC1. The normalized spacial score (nSPS) is 17.3. The summed E-state index contributed by atoms with van der Waals surface area (Å²) in [5.41, 5.74) is 0. The van der Waals surface area contributed by atoms with Crippen LogP contribution in [0.4, 0.5) is 4.79 Å². The monoisotopic (exact) mass is 202 g/mol. The zero-order valence-corrected chi connectivity index (χ0v) is 8.19. The van der Waals surface area contributed by atoms with Crippen LogP contribution in [0.2, 0.25) is 0 Å². The van der Waals surface area contributed by atoms with Crippen LogP contribution in [0.5, 0.6) is 0 Å². The number of hydroxylamine groups is 2. The molecule has 0 aliphatic heterocycles. The number of carboxylic acid groups (broad SMARTS) is 1. The molecule has 14 heavy (non-hydrogen) atoms. The number of likely N-dealkylation sites (N-methyl/N-ethyl adjacent to an activating group) is 1. The first kappa shape index (κ1) is 10.8. The highest BCUT2D eigenvalue weighted by Gasteiger charge is 2.38. The molecule has 80 valence electrons. The summed E-state index contributed by atoms with van der Waals surface area (Å²) < 4.78 is 0. The van der Waals surface area contributed by atoms with Crippen LogP contribution >= 0.6 is 0 Å². The molecule has 2 amide bonds. The number of nitrogens with one attached hydrogen (secondary N) is 1. The maximum Gasteiger partial charge on any atom is 0.405 e. The van der Waals surface area contributed by atoms with Gasteiger partial charge >= 0.3 is 6.09 Å². The maximum atomic E-state index is 11.6. The zero-order valence-electron chi connectivity index (χ0n) is 8.19. The molecule has 0 bridgehead atoms. The van der Waals surface area contributed by atoms with Crippen LogP contribution in [0.1, 0.15) is 12.8 Å². The molecule has 6 heteroatoms. The lowest BCUT2D eigenvalue weighted by molar-refractivity contribution is -0.171. The molecule has 0 radical (unpaired) electrons. The third-order valence-corrected chi connectivity index (χ3v) is 2.22. The molecule has 1 saturated carbocycles. The Labute approximate surface area is 81.8 Å². The molecule has 2 N–H and O–H groups in total. The lowest BCUT2D eigenvalue weighted by Gasteiger charge is -2.21. The van der Waals surface area contributed by atoms with Crippen molar-refractivity contribution in [3.05, 3.63) is 0 Å². The van der Waals surface area contributed by atoms with E-state index in [0.29, 0.717) is 0 Å². The lowest BCUT2D eigenvalue weighted by atomic mass is 10.2. The second-order valence-corrected chi connectivity index (χ2v) is 3.28. The smallest absolute Gasteiger partial charge is 0.405 e. The zero-order chi connectivity index (χ0) is 10.7. The lowest BCUT2D eigenvalue weighted by Crippen LogP contribution is -2.47. The average molecular weight is 202 g/mol. The summed E-state index contributed by atoms with van der Waals surface area (Å²) in [6.07, 6.45) is 0.586. The van der Waals surface area contributed by atoms with Crippen LogP contribution in [0.25, 0.3) is 0 Å². The molecule has 0 saturated heterocycles. The van der Waals surface area contributed by atoms with Gasteiger partial charge in [0.2, 0.25) is 0 Å². The molecule has 0 aromatic carbocycles. The first-order valence-electron chi connectivity index (χ1n) is 4.37. The molecule has 1 rings (SSSR count). The highest BCUT2D eigenvalue weighted by Crippen LogP contribution is 2.33. The first-order chi connectivity index (χ1) is 6.56. The number of carbonyl (C=O) groups excluding carboxylic acids is 1. The molecule has 1 atom stereocenters. The minimum absolute atomic E-state index is 0.121. The summed E-state index contributed by atoms with van der Waals surface area (Å²) in [6, 6.07) is -0.669. The standard InChI is InChI=1S/C8H14N2O4/c1-10(14-2)7(11)6(5-3-4-5)9-8(12)13/h5-6,9H,3-4H2,1-2H3,(H,12,13)/t6-/m0/s1. The van der Waals surface area contributed by atoms with Gasteiger partial charge in [-0.25, -0.2) is 9.86 Å². The fraction of sp³-hybridized carbons (Fsp3) is 0.750. The Morgan fingerprint density at radius 3 is 2.50 bits per heavy atom. The predicted octanol–water partition coefficient (Wildman–Crippen LogP) is 0.0524. The van der Waals surface area contributed by atoms with Crippen molar-refractivity contribution in [2.75, 3.05) is 14.2 Å². The van der Waals surface area contributed by atoms with Crippen LogP contribution < -0.4 is 5.32 Å². The largest absolute Gasteiger partial charge is 0.465 e. The molecule has 1 aliphatic carbocycles. The molecule has 1 aliphatic rings. The van der Waals surface area contributed by atoms with Crippen molar-refractivity contribution in [3.63, 3.8) is 0 Å². The van der Waals surface area contributed by atoms with E-state index in [1.54, 1.807) is 0 Å². The van der Waals surface area contributed by atoms with Gasteiger partial charge in [0, 0.05) is 7.05 Å². The van der Waals surface area contributed by atoms with Crippen molar-refractivity contribution in [2.24, 2.45) is 5.92 Å². The molecule has 0 unspecified atom stereocenters. The van der Waals surface area contributed by atoms with Gasteiger partial charge in [-0.1, -0.05) is 0 Å². The van der Waals surface area contributed by atoms with Crippen molar-refractivity contribution < 1.29 is 19.5 Å². The van der Waals surface area contributed by atoms with Gasteiger partial charge in [-0.3, -0.25) is 9.63 Å². The average Bonchev–Trinajstić information content (AvgIpc) is 2.94. The maximum absolute atomic E-state index is 11.6. The van der Waals surface area contributed by atoms with Crippen LogP contribution in [-0.2, 0) is 9.63 Å². The van der Waals surface area contributed by atoms with Crippen LogP contribution in [-0.4, -0.2) is 42.4 Å². The van der Waals surface area contributed by atoms with Gasteiger partial charge in [-0.05, 0) is 18.8 Å². The van der Waals surface area contributed by atoms with Gasteiger partial charge in [0.05, 0.1) is 7.11 Å². The number of amides is 2. The summed E-state index contributed by atoms with van der Waals surface area (Å²) in [4.78, 5) is 26.7. The quantitative estimate of drug-likeness (QED) is 0.631. The van der Waals surface area contributed by atoms with E-state index >= 15 is 0 Å². The van der Waals surface area contributed by atoms with Crippen molar-refractivity contribution >= 4 is 12.0 Å². The third kappa shape index (κ3) is 2.59. The highest BCUT2D eigenvalue weighted by atomic mass is 16.7. The van der Waals surface area contributed by atoms with Crippen LogP contribution in [0.3, 0.4) is 0 Å². The van der Waals surface area contributed by atoms with Crippen molar-refractivity contribution in [3.8, 4) is 0 Å². The van der Waals surface area contributed by atoms with Crippen LogP contribution in [0.15, 0.2) is 0 Å². The van der Waals surface area contributed by atoms with E-state index in [4.69, 9.17) is 9.94 Å². The van der Waals surface area contributed by atoms with Gasteiger partial charge < -0.3 is 10.4 Å². The van der Waals surface area contributed by atoms with E-state index in [1.165, 1.54) is 14.2 Å². The first-order valence-corrected chi connectivity index (χ1v) is 4.37. The van der Waals surface area contributed by atoms with Crippen molar-refractivity contribution in [2.45, 2.75) is 18.9 Å². The van der Waals surface area contributed by atoms with E-state index in [0.717, 1.165) is 17.9 Å². The molecule has 0 aromatic rings. The predicted molar refractivity (Wildman–Crippen MR) is 47.5 cm³/mol. The Kier molecular flexibility index (Phi) is 3.29. The molecule has 0 aromatic heterocycles. The minimum Gasteiger partial charge on any atom is -0.465 e. The van der Waals surface area contributed by atoms with E-state index < -0.39 is 12.1 Å². The Morgan fingerprint density at radius 1 is 1.57 bits per heavy atom. The summed E-state index contributed by atoms with van der Waals surface area (Å²) in [6.45, 7) is 0. The van der Waals surface area contributed by atoms with Gasteiger partial charge in [-0.15, -0.1) is 0 Å². The number of carbonyl (C=O) groups is 2. The molecule has 6 nitrogen and oxygen atoms in total. The summed E-state index contributed by atoms with van der Waals surface area (Å²) in [5, 5.41) is 11.8. The second-order valence-electron chi connectivity index (χ2n) is 3.28. The van der Waals surface area contributed by atoms with Crippen molar-refractivity contribution in [1.82, 2.24) is 10.4 Å². The second kappa shape index (κ2) is 4.28. The van der Waals surface area contributed by atoms with E-state index in [1.807, 2.05) is 0 Å². The van der Waals surface area contributed by atoms with E-state index in [2.05, 4.69) is 5.32 Å². The number of rotatable bonds is 4. The Hall–Kier alpha value is -1.30. The molecular formula is C8H14N2O4. The van der Waals surface area contributed by atoms with E-state index in [-0.39, 0.29) is 11.8 Å². The van der Waals surface area contributed by atoms with Crippen molar-refractivity contribution in [1.29, 1.82) is 0 Å². The topological polar surface area (TPSA) is 78.9 Å². The fourth-order valence-corrected chi connectivity index (χ4v) is 1.23. The van der Waals surface area contributed by atoms with Gasteiger partial charge in [0.25, 0.3) is 5.91 Å². The van der Waals surface area contributed by atoms with Gasteiger partial charge in [0.1, 0.15) is 6.04 Å². The van der Waals surface area contributed by atoms with Crippen LogP contribution in [0, 0.1) is 5.92 Å². The molecular weight excluding hydrogens is 188 g/mol. The van der Waals surface area contributed by atoms with E-state index in [9.17, 15) is 9.59 Å². The Morgan fingerprint density at radius 2 is 2.14 bits per heavy atom. The molecule has 0 heterocycles.